The van der Waals surface area contributed by atoms with E-state index < -0.39 is 0 Å². The Morgan fingerprint density at radius 1 is 0.417 bits per heavy atom. The van der Waals surface area contributed by atoms with Gasteiger partial charge in [0.05, 0.1) is 11.0 Å². The average molecular weight is 613 g/mol. The molecule has 2 aromatic heterocycles. The number of para-hydroxylation sites is 4. The van der Waals surface area contributed by atoms with Gasteiger partial charge in [-0.25, -0.2) is 4.98 Å². The molecule has 3 nitrogen and oxygen atoms in total. The summed E-state index contributed by atoms with van der Waals surface area (Å²) in [4.78, 5) is 5.05. The van der Waals surface area contributed by atoms with Gasteiger partial charge in [-0.1, -0.05) is 140 Å². The standard InChI is InChI=1S/C45H28N2O/c1-2-13-30(14-3-1)45-46-39-22-9-10-23-40(39)47(45)31-27-25-29(26-28-31)42-33-16-4-6-18-35(33)43(36-19-7-5-17-34(36)42)38-21-12-20-37-32-15-8-11-24-41(32)48-44(37)38/h1-28H. The van der Waals surface area contributed by atoms with Gasteiger partial charge in [-0.05, 0) is 63.0 Å². The summed E-state index contributed by atoms with van der Waals surface area (Å²) < 4.78 is 8.83. The van der Waals surface area contributed by atoms with Gasteiger partial charge in [-0.15, -0.1) is 0 Å². The van der Waals surface area contributed by atoms with E-state index in [2.05, 4.69) is 156 Å². The highest BCUT2D eigenvalue weighted by Gasteiger charge is 2.20. The Morgan fingerprint density at radius 3 is 1.73 bits per heavy atom. The molecule has 10 rings (SSSR count). The highest BCUT2D eigenvalue weighted by molar-refractivity contribution is 6.24. The monoisotopic (exact) mass is 612 g/mol. The van der Waals surface area contributed by atoms with Gasteiger partial charge in [0.2, 0.25) is 0 Å². The molecule has 0 unspecified atom stereocenters. The summed E-state index contributed by atoms with van der Waals surface area (Å²) in [5.41, 5.74) is 10.8. The van der Waals surface area contributed by atoms with Crippen LogP contribution in [0.15, 0.2) is 174 Å². The minimum Gasteiger partial charge on any atom is -0.455 e. The lowest BCUT2D eigenvalue weighted by Crippen LogP contribution is -1.98. The van der Waals surface area contributed by atoms with Crippen LogP contribution in [-0.4, -0.2) is 9.55 Å². The van der Waals surface area contributed by atoms with E-state index in [1.807, 2.05) is 18.2 Å². The highest BCUT2D eigenvalue weighted by atomic mass is 16.3. The van der Waals surface area contributed by atoms with E-state index >= 15 is 0 Å². The van der Waals surface area contributed by atoms with Crippen LogP contribution in [0.4, 0.5) is 0 Å². The molecule has 0 N–H and O–H groups in total. The Bertz CT molecular complexity index is 2770. The molecular formula is C45H28N2O. The summed E-state index contributed by atoms with van der Waals surface area (Å²) in [6.45, 7) is 0. The average Bonchev–Trinajstić information content (AvgIpc) is 3.74. The molecule has 10 aromatic rings. The van der Waals surface area contributed by atoms with E-state index in [-0.39, 0.29) is 0 Å². The second-order valence-corrected chi connectivity index (χ2v) is 12.3. The van der Waals surface area contributed by atoms with Crippen LogP contribution < -0.4 is 0 Å². The number of furan rings is 1. The number of benzene rings is 8. The fraction of sp³-hybridized carbons (Fsp3) is 0. The van der Waals surface area contributed by atoms with E-state index in [1.54, 1.807) is 0 Å². The predicted octanol–water partition coefficient (Wildman–Crippen LogP) is 12.2. The van der Waals surface area contributed by atoms with Gasteiger partial charge >= 0.3 is 0 Å². The van der Waals surface area contributed by atoms with Crippen LogP contribution in [0.25, 0.3) is 93.8 Å². The fourth-order valence-corrected chi connectivity index (χ4v) is 7.52. The van der Waals surface area contributed by atoms with Crippen LogP contribution in [0, 0.1) is 0 Å². The Labute approximate surface area is 277 Å². The molecule has 3 heteroatoms. The summed E-state index contributed by atoms with van der Waals surface area (Å²) in [5, 5.41) is 7.11. The molecule has 0 fully saturated rings. The lowest BCUT2D eigenvalue weighted by Gasteiger charge is -2.18. The number of rotatable bonds is 4. The first-order chi connectivity index (χ1) is 23.8. The van der Waals surface area contributed by atoms with Crippen molar-refractivity contribution in [3.05, 3.63) is 170 Å². The molecule has 0 spiro atoms. The highest BCUT2D eigenvalue weighted by Crippen LogP contribution is 2.46. The zero-order valence-corrected chi connectivity index (χ0v) is 26.0. The van der Waals surface area contributed by atoms with E-state index in [9.17, 15) is 0 Å². The Kier molecular flexibility index (Phi) is 5.87. The quantitative estimate of drug-likeness (QED) is 0.185. The van der Waals surface area contributed by atoms with E-state index in [4.69, 9.17) is 9.40 Å². The van der Waals surface area contributed by atoms with E-state index in [1.165, 1.54) is 38.2 Å². The minimum atomic E-state index is 0.909. The normalized spacial score (nSPS) is 11.8. The topological polar surface area (TPSA) is 31.0 Å². The van der Waals surface area contributed by atoms with Gasteiger partial charge in [0.25, 0.3) is 0 Å². The zero-order chi connectivity index (χ0) is 31.6. The maximum atomic E-state index is 6.56. The molecule has 2 heterocycles. The number of fused-ring (bicyclic) bond motifs is 6. The molecule has 0 aliphatic carbocycles. The van der Waals surface area contributed by atoms with Crippen LogP contribution in [0.5, 0.6) is 0 Å². The largest absolute Gasteiger partial charge is 0.455 e. The Morgan fingerprint density at radius 2 is 1.00 bits per heavy atom. The van der Waals surface area contributed by atoms with E-state index in [0.29, 0.717) is 0 Å². The first-order valence-corrected chi connectivity index (χ1v) is 16.3. The molecule has 0 radical (unpaired) electrons. The Hall–Kier alpha value is -6.45. The molecule has 0 aliphatic rings. The van der Waals surface area contributed by atoms with Gasteiger partial charge in [0, 0.05) is 33.2 Å². The fourth-order valence-electron chi connectivity index (χ4n) is 7.52. The SMILES string of the molecule is c1ccc(-c2nc3ccccc3n2-c2ccc(-c3c4ccccc4c(-c4cccc5c4oc4ccccc45)c4ccccc34)cc2)cc1. The molecule has 0 amide bonds. The summed E-state index contributed by atoms with van der Waals surface area (Å²) in [7, 11) is 0. The van der Waals surface area contributed by atoms with Crippen molar-refractivity contribution in [3.8, 4) is 39.3 Å². The number of imidazole rings is 1. The second kappa shape index (κ2) is 10.5. The maximum absolute atomic E-state index is 6.56. The van der Waals surface area contributed by atoms with Gasteiger partial charge in [0.15, 0.2) is 0 Å². The number of aromatic nitrogens is 2. The Balaban J connectivity index is 1.20. The molecule has 48 heavy (non-hydrogen) atoms. The molecule has 224 valence electrons. The maximum Gasteiger partial charge on any atom is 0.145 e. The van der Waals surface area contributed by atoms with Gasteiger partial charge in [-0.2, -0.15) is 0 Å². The predicted molar refractivity (Wildman–Crippen MR) is 200 cm³/mol. The molecule has 0 saturated heterocycles. The number of hydrogen-bond donors (Lipinski definition) is 0. The van der Waals surface area contributed by atoms with Crippen molar-refractivity contribution in [1.82, 2.24) is 9.55 Å². The molecule has 0 saturated carbocycles. The van der Waals surface area contributed by atoms with Gasteiger partial charge in [-0.3, -0.25) is 4.57 Å². The van der Waals surface area contributed by atoms with Crippen molar-refractivity contribution >= 4 is 54.5 Å². The number of nitrogens with zero attached hydrogens (tertiary/aromatic N) is 2. The van der Waals surface area contributed by atoms with Gasteiger partial charge < -0.3 is 4.42 Å². The molecule has 0 aliphatic heterocycles. The molecule has 0 atom stereocenters. The molecule has 8 aromatic carbocycles. The lowest BCUT2D eigenvalue weighted by molar-refractivity contribution is 0.670. The third kappa shape index (κ3) is 3.98. The second-order valence-electron chi connectivity index (χ2n) is 12.3. The van der Waals surface area contributed by atoms with Crippen molar-refractivity contribution in [1.29, 1.82) is 0 Å². The molecular weight excluding hydrogens is 585 g/mol. The van der Waals surface area contributed by atoms with Crippen molar-refractivity contribution in [2.75, 3.05) is 0 Å². The van der Waals surface area contributed by atoms with Crippen molar-refractivity contribution in [3.63, 3.8) is 0 Å². The zero-order valence-electron chi connectivity index (χ0n) is 26.0. The summed E-state index contributed by atoms with van der Waals surface area (Å²) in [6, 6.07) is 60.1. The van der Waals surface area contributed by atoms with Crippen LogP contribution in [-0.2, 0) is 0 Å². The summed E-state index contributed by atoms with van der Waals surface area (Å²) >= 11 is 0. The van der Waals surface area contributed by atoms with Gasteiger partial charge in [0.1, 0.15) is 17.0 Å². The van der Waals surface area contributed by atoms with E-state index in [0.717, 1.165) is 55.6 Å². The third-order valence-corrected chi connectivity index (χ3v) is 9.61. The lowest BCUT2D eigenvalue weighted by atomic mass is 9.85. The van der Waals surface area contributed by atoms with Crippen molar-refractivity contribution < 1.29 is 4.42 Å². The third-order valence-electron chi connectivity index (χ3n) is 9.61. The number of hydrogen-bond acceptors (Lipinski definition) is 2. The first-order valence-electron chi connectivity index (χ1n) is 16.3. The molecule has 0 bridgehead atoms. The summed E-state index contributed by atoms with van der Waals surface area (Å²) in [5.74, 6) is 0.935. The van der Waals surface area contributed by atoms with Crippen LogP contribution in [0.2, 0.25) is 0 Å². The van der Waals surface area contributed by atoms with Crippen molar-refractivity contribution in [2.45, 2.75) is 0 Å². The van der Waals surface area contributed by atoms with Crippen LogP contribution in [0.3, 0.4) is 0 Å². The first kappa shape index (κ1) is 26.7. The van der Waals surface area contributed by atoms with Crippen LogP contribution >= 0.6 is 0 Å². The van der Waals surface area contributed by atoms with Crippen molar-refractivity contribution in [2.24, 2.45) is 0 Å². The smallest absolute Gasteiger partial charge is 0.145 e. The minimum absolute atomic E-state index is 0.909. The summed E-state index contributed by atoms with van der Waals surface area (Å²) in [6.07, 6.45) is 0. The van der Waals surface area contributed by atoms with Crippen LogP contribution in [0.1, 0.15) is 0 Å².